The van der Waals surface area contributed by atoms with Crippen molar-refractivity contribution in [1.82, 2.24) is 0 Å². The molecule has 0 saturated heterocycles. The molecule has 0 aliphatic heterocycles. The molecule has 0 radical (unpaired) electrons. The third-order valence-corrected chi connectivity index (χ3v) is 5.85. The fourth-order valence-corrected chi connectivity index (χ4v) is 3.60. The van der Waals surface area contributed by atoms with Crippen molar-refractivity contribution >= 4 is 5.97 Å². The average Bonchev–Trinajstić information content (AvgIpc) is 2.93. The van der Waals surface area contributed by atoms with Crippen molar-refractivity contribution in [3.05, 3.63) is 72.9 Å². The van der Waals surface area contributed by atoms with E-state index in [-0.39, 0.29) is 19.2 Å². The van der Waals surface area contributed by atoms with Gasteiger partial charge in [-0.25, -0.2) is 0 Å². The first kappa shape index (κ1) is 35.8. The molecule has 0 aromatic heterocycles. The van der Waals surface area contributed by atoms with Crippen LogP contribution in [0.2, 0.25) is 0 Å². The summed E-state index contributed by atoms with van der Waals surface area (Å²) < 4.78 is 10.6. The molecule has 1 atom stereocenters. The van der Waals surface area contributed by atoms with Crippen molar-refractivity contribution in [2.75, 3.05) is 19.8 Å². The molecule has 0 aromatic rings. The van der Waals surface area contributed by atoms with Gasteiger partial charge in [-0.15, -0.1) is 0 Å². The minimum Gasteiger partial charge on any atom is -0.457 e. The summed E-state index contributed by atoms with van der Waals surface area (Å²) in [5.41, 5.74) is 0. The molecule has 0 saturated carbocycles. The van der Waals surface area contributed by atoms with Gasteiger partial charge in [0.2, 0.25) is 0 Å². The number of unbranched alkanes of at least 4 members (excludes halogenated alkanes) is 7. The number of aliphatic hydroxyl groups is 1. The van der Waals surface area contributed by atoms with Crippen LogP contribution >= 0.6 is 0 Å². The number of hydrogen-bond donors (Lipinski definition) is 1. The molecule has 38 heavy (non-hydrogen) atoms. The van der Waals surface area contributed by atoms with E-state index in [4.69, 9.17) is 9.47 Å². The van der Waals surface area contributed by atoms with Crippen molar-refractivity contribution in [2.45, 2.75) is 116 Å². The molecule has 0 amide bonds. The van der Waals surface area contributed by atoms with Gasteiger partial charge in [-0.2, -0.15) is 0 Å². The van der Waals surface area contributed by atoms with Crippen molar-refractivity contribution < 1.29 is 19.4 Å². The molecule has 0 aliphatic rings. The smallest absolute Gasteiger partial charge is 0.305 e. The van der Waals surface area contributed by atoms with Gasteiger partial charge in [0.1, 0.15) is 6.10 Å². The maximum atomic E-state index is 11.2. The molecule has 1 unspecified atom stereocenters. The summed E-state index contributed by atoms with van der Waals surface area (Å²) in [4.78, 5) is 11.2. The Bertz CT molecular complexity index is 685. The predicted molar refractivity (Wildman–Crippen MR) is 163 cm³/mol. The van der Waals surface area contributed by atoms with E-state index in [0.29, 0.717) is 13.0 Å². The highest BCUT2D eigenvalue weighted by Crippen LogP contribution is 2.09. The lowest BCUT2D eigenvalue weighted by molar-refractivity contribution is -0.154. The highest BCUT2D eigenvalue weighted by molar-refractivity contribution is 5.69. The van der Waals surface area contributed by atoms with Crippen LogP contribution in [0.15, 0.2) is 72.9 Å². The van der Waals surface area contributed by atoms with Crippen LogP contribution in [0.5, 0.6) is 0 Å². The Hall–Kier alpha value is -2.17. The van der Waals surface area contributed by atoms with E-state index in [1.165, 1.54) is 38.5 Å². The Balaban J connectivity index is 3.44. The van der Waals surface area contributed by atoms with E-state index in [0.717, 1.165) is 51.4 Å². The Kier molecular flexibility index (Phi) is 29.3. The van der Waals surface area contributed by atoms with E-state index < -0.39 is 6.10 Å². The summed E-state index contributed by atoms with van der Waals surface area (Å²) in [5.74, 6) is -0.298. The van der Waals surface area contributed by atoms with Gasteiger partial charge in [-0.05, 0) is 57.8 Å². The van der Waals surface area contributed by atoms with Crippen LogP contribution in [0.4, 0.5) is 0 Å². The summed E-state index contributed by atoms with van der Waals surface area (Å²) in [6.07, 6.45) is 42.6. The predicted octanol–water partition coefficient (Wildman–Crippen LogP) is 9.14. The number of esters is 1. The number of rotatable bonds is 26. The lowest BCUT2D eigenvalue weighted by Crippen LogP contribution is -2.27. The normalized spacial score (nSPS) is 13.4. The second-order valence-corrected chi connectivity index (χ2v) is 9.40. The summed E-state index contributed by atoms with van der Waals surface area (Å²) >= 11 is 0. The number of hydrogen-bond acceptors (Lipinski definition) is 4. The molecule has 0 aliphatic carbocycles. The molecule has 0 spiro atoms. The quantitative estimate of drug-likeness (QED) is 0.0691. The fourth-order valence-electron chi connectivity index (χ4n) is 3.60. The van der Waals surface area contributed by atoms with Gasteiger partial charge in [0.05, 0.1) is 13.2 Å². The zero-order valence-electron chi connectivity index (χ0n) is 24.4. The van der Waals surface area contributed by atoms with Gasteiger partial charge in [-0.1, -0.05) is 119 Å². The number of carbonyl (C=O) groups is 1. The molecule has 0 rings (SSSR count). The Morgan fingerprint density at radius 3 is 1.55 bits per heavy atom. The zero-order chi connectivity index (χ0) is 27.8. The zero-order valence-corrected chi connectivity index (χ0v) is 24.4. The minimum absolute atomic E-state index is 0.190. The van der Waals surface area contributed by atoms with Crippen molar-refractivity contribution in [2.24, 2.45) is 0 Å². The summed E-state index contributed by atoms with van der Waals surface area (Å²) in [5, 5.41) is 9.20. The van der Waals surface area contributed by atoms with E-state index in [1.807, 2.05) is 0 Å². The molecule has 0 bridgehead atoms. The van der Waals surface area contributed by atoms with Gasteiger partial charge < -0.3 is 14.6 Å². The highest BCUT2D eigenvalue weighted by Gasteiger charge is 2.12. The number of allylic oxidation sites excluding steroid dienone is 12. The Morgan fingerprint density at radius 1 is 0.632 bits per heavy atom. The maximum absolute atomic E-state index is 11.2. The van der Waals surface area contributed by atoms with Gasteiger partial charge in [0.25, 0.3) is 0 Å². The van der Waals surface area contributed by atoms with Crippen LogP contribution < -0.4 is 0 Å². The van der Waals surface area contributed by atoms with Crippen LogP contribution in [0, 0.1) is 0 Å². The van der Waals surface area contributed by atoms with Crippen LogP contribution in [-0.4, -0.2) is 37.0 Å². The highest BCUT2D eigenvalue weighted by atomic mass is 16.6. The topological polar surface area (TPSA) is 55.8 Å². The molecule has 0 aromatic carbocycles. The monoisotopic (exact) mass is 528 g/mol. The Morgan fingerprint density at radius 2 is 1.08 bits per heavy atom. The van der Waals surface area contributed by atoms with Gasteiger partial charge >= 0.3 is 5.97 Å². The van der Waals surface area contributed by atoms with Crippen molar-refractivity contribution in [3.8, 4) is 0 Å². The SMILES string of the molecule is CC/C=C\C/C=C\C/C=C\C/C=C\C/C=C\C/C=C\CCCCCCCCCOCC(CO)OC(=O)CC. The number of carbonyl (C=O) groups excluding carboxylic acids is 1. The third-order valence-electron chi connectivity index (χ3n) is 5.85. The van der Waals surface area contributed by atoms with Crippen LogP contribution in [0.3, 0.4) is 0 Å². The summed E-state index contributed by atoms with van der Waals surface area (Å²) in [6, 6.07) is 0. The molecular formula is C34H56O4. The van der Waals surface area contributed by atoms with E-state index in [9.17, 15) is 9.90 Å². The molecule has 0 heterocycles. The van der Waals surface area contributed by atoms with Gasteiger partial charge in [0.15, 0.2) is 0 Å². The second kappa shape index (κ2) is 31.1. The first-order chi connectivity index (χ1) is 18.7. The first-order valence-corrected chi connectivity index (χ1v) is 15.0. The van der Waals surface area contributed by atoms with E-state index in [2.05, 4.69) is 79.8 Å². The fraction of sp³-hybridized carbons (Fsp3) is 0.618. The average molecular weight is 529 g/mol. The maximum Gasteiger partial charge on any atom is 0.305 e. The molecular weight excluding hydrogens is 472 g/mol. The molecule has 4 heteroatoms. The third kappa shape index (κ3) is 28.4. The van der Waals surface area contributed by atoms with Crippen molar-refractivity contribution in [1.29, 1.82) is 0 Å². The minimum atomic E-state index is -0.538. The number of aliphatic hydroxyl groups excluding tert-OH is 1. The summed E-state index contributed by atoms with van der Waals surface area (Å²) in [6.45, 7) is 4.64. The van der Waals surface area contributed by atoms with Crippen LogP contribution in [0.25, 0.3) is 0 Å². The lowest BCUT2D eigenvalue weighted by atomic mass is 10.1. The van der Waals surface area contributed by atoms with Gasteiger partial charge in [-0.3, -0.25) is 4.79 Å². The van der Waals surface area contributed by atoms with Crippen LogP contribution in [-0.2, 0) is 14.3 Å². The van der Waals surface area contributed by atoms with Gasteiger partial charge in [0, 0.05) is 13.0 Å². The standard InChI is InChI=1S/C34H56O4/c1-3-5-6-7-8-9-10-11-12-13-14-15-16-17-18-19-20-21-22-23-24-25-26-27-28-29-30-37-32-33(31-35)38-34(36)4-2/h5-6,8-9,11-12,14-15,17-18,20-21,33,35H,3-4,7,10,13,16,19,22-32H2,1-2H3/b6-5-,9-8-,12-11-,15-14-,18-17-,21-20-. The number of ether oxygens (including phenoxy) is 2. The molecule has 0 fully saturated rings. The molecule has 216 valence electrons. The van der Waals surface area contributed by atoms with E-state index >= 15 is 0 Å². The lowest BCUT2D eigenvalue weighted by Gasteiger charge is -2.15. The van der Waals surface area contributed by atoms with Crippen LogP contribution in [0.1, 0.15) is 110 Å². The molecule has 1 N–H and O–H groups in total. The summed E-state index contributed by atoms with van der Waals surface area (Å²) in [7, 11) is 0. The van der Waals surface area contributed by atoms with E-state index in [1.54, 1.807) is 6.92 Å². The molecule has 4 nitrogen and oxygen atoms in total. The largest absolute Gasteiger partial charge is 0.457 e. The Labute approximate surface area is 234 Å². The van der Waals surface area contributed by atoms with Crippen molar-refractivity contribution in [3.63, 3.8) is 0 Å². The second-order valence-electron chi connectivity index (χ2n) is 9.40. The first-order valence-electron chi connectivity index (χ1n) is 15.0.